The van der Waals surface area contributed by atoms with Crippen molar-refractivity contribution >= 4 is 34.6 Å². The number of hydrogen-bond donors (Lipinski definition) is 0. The smallest absolute Gasteiger partial charge is 0.171 e. The molecular weight excluding hydrogens is 739 g/mol. The van der Waals surface area contributed by atoms with Gasteiger partial charge in [-0.25, -0.2) is 18.1 Å². The molecule has 0 aromatic heterocycles. The molecule has 2 unspecified atom stereocenters. The van der Waals surface area contributed by atoms with Crippen LogP contribution < -0.4 is 0 Å². The second-order valence-corrected chi connectivity index (χ2v) is 15.4. The Kier molecular flexibility index (Phi) is 16.7. The first kappa shape index (κ1) is 44.7. The summed E-state index contributed by atoms with van der Waals surface area (Å²) in [7, 11) is 0. The second kappa shape index (κ2) is 19.1. The van der Waals surface area contributed by atoms with Gasteiger partial charge in [-0.2, -0.15) is 89.5 Å². The second-order valence-electron chi connectivity index (χ2n) is 15.4. The molecule has 1 fully saturated rings. The third-order valence-electron chi connectivity index (χ3n) is 12.9. The number of aryl methyl sites for hydroxylation is 1. The topological polar surface area (TPSA) is 0 Å². The quantitative estimate of drug-likeness (QED) is 0.199. The van der Waals surface area contributed by atoms with Crippen molar-refractivity contribution in [1.29, 1.82) is 0 Å². The van der Waals surface area contributed by atoms with Crippen LogP contribution >= 0.6 is 24.8 Å². The summed E-state index contributed by atoms with van der Waals surface area (Å²) in [6.45, 7) is 22.4. The summed E-state index contributed by atoms with van der Waals surface area (Å²) >= 11 is 1.30. The van der Waals surface area contributed by atoms with Gasteiger partial charge in [0.25, 0.3) is 0 Å². The van der Waals surface area contributed by atoms with Gasteiger partial charge in [-0.05, 0) is 40.6 Å². The minimum atomic E-state index is 0. The molecule has 0 N–H and O–H groups in total. The average Bonchev–Trinajstić information content (AvgIpc) is 3.83. The predicted octanol–water partition coefficient (Wildman–Crippen LogP) is 13.4. The van der Waals surface area contributed by atoms with Crippen molar-refractivity contribution < 1.29 is 24.2 Å². The molecule has 1 saturated carbocycles. The molecule has 2 atom stereocenters. The van der Waals surface area contributed by atoms with E-state index in [0.717, 1.165) is 12.8 Å². The average molecular weight is 797 g/mol. The molecule has 8 rings (SSSR count). The molecule has 0 nitrogen and oxygen atoms in total. The first-order valence-electron chi connectivity index (χ1n) is 17.9. The normalized spacial score (nSPS) is 22.8. The van der Waals surface area contributed by atoms with Gasteiger partial charge in [0, 0.05) is 0 Å². The monoisotopic (exact) mass is 794 g/mol. The van der Waals surface area contributed by atoms with Crippen LogP contribution in [0.1, 0.15) is 91.3 Å². The van der Waals surface area contributed by atoms with Gasteiger partial charge in [0.1, 0.15) is 0 Å². The minimum Gasteiger partial charge on any atom is -0.184 e. The summed E-state index contributed by atoms with van der Waals surface area (Å²) in [5, 5.41) is 0. The van der Waals surface area contributed by atoms with Crippen LogP contribution in [-0.4, -0.2) is 4.21 Å². The summed E-state index contributed by atoms with van der Waals surface area (Å²) in [5.41, 5.74) is 11.6. The zero-order valence-corrected chi connectivity index (χ0v) is 36.4. The maximum Gasteiger partial charge on any atom is -0.171 e. The molecule has 51 heavy (non-hydrogen) atoms. The molecular formula is C48H58Cl2Zr-4. The Labute approximate surface area is 338 Å². The molecule has 0 heterocycles. The molecule has 0 bridgehead atoms. The first-order valence-corrected chi connectivity index (χ1v) is 19.6. The molecule has 0 aliphatic heterocycles. The number of halogens is 2. The Bertz CT molecular complexity index is 1670. The van der Waals surface area contributed by atoms with Crippen molar-refractivity contribution in [2.75, 3.05) is 0 Å². The number of benzene rings is 3. The van der Waals surface area contributed by atoms with Gasteiger partial charge in [0.05, 0.1) is 0 Å². The molecule has 0 spiro atoms. The third kappa shape index (κ3) is 8.53. The fourth-order valence-corrected chi connectivity index (χ4v) is 8.72. The fourth-order valence-electron chi connectivity index (χ4n) is 8.72. The minimum absolute atomic E-state index is 0. The standard InChI is InChI=1S/C29H37.C7H7.C6H5.C5H5.CH2.2ClH.Zr/c1-18-25-22-17-19-13-9-10-14-20(19)24(22)21-15-11-12-16-23(21)29(25,8)28(6,7)27(4,5)26(18,2)3;1-7-5-3-2-4-6-7;1-2-4-6-5-3-1;1-2-4-5-3-1;;;;/h9-11,13-15,23H,12,16-17H2,1-8H3;3-6H,1H3;1-5H;1-3H,4H2;1H2;2*1H;/q4*-1;;;;. The Morgan fingerprint density at radius 1 is 0.784 bits per heavy atom. The van der Waals surface area contributed by atoms with Crippen molar-refractivity contribution in [2.24, 2.45) is 27.6 Å². The number of allylic oxidation sites excluding steroid dienone is 10. The van der Waals surface area contributed by atoms with Crippen molar-refractivity contribution in [1.82, 2.24) is 0 Å². The van der Waals surface area contributed by atoms with Crippen molar-refractivity contribution in [3.8, 4) is 0 Å². The summed E-state index contributed by atoms with van der Waals surface area (Å²) in [6.07, 6.45) is 18.5. The molecule has 3 aromatic rings. The maximum absolute atomic E-state index is 3.34. The van der Waals surface area contributed by atoms with E-state index in [1.807, 2.05) is 66.7 Å². The summed E-state index contributed by atoms with van der Waals surface area (Å²) < 4.78 is 3.34. The Morgan fingerprint density at radius 2 is 1.41 bits per heavy atom. The van der Waals surface area contributed by atoms with Crippen LogP contribution in [0, 0.1) is 58.6 Å². The van der Waals surface area contributed by atoms with Crippen LogP contribution in [0.5, 0.6) is 0 Å². The van der Waals surface area contributed by atoms with Crippen molar-refractivity contribution in [2.45, 2.75) is 88.0 Å². The molecule has 3 aromatic carbocycles. The predicted molar refractivity (Wildman–Crippen MR) is 223 cm³/mol. The van der Waals surface area contributed by atoms with Gasteiger partial charge in [0.2, 0.25) is 0 Å². The van der Waals surface area contributed by atoms with E-state index in [0.29, 0.717) is 5.92 Å². The van der Waals surface area contributed by atoms with Gasteiger partial charge in [0.15, 0.2) is 0 Å². The zero-order valence-electron chi connectivity index (χ0n) is 32.3. The summed E-state index contributed by atoms with van der Waals surface area (Å²) in [6, 6.07) is 32.5. The summed E-state index contributed by atoms with van der Waals surface area (Å²) in [5.74, 6) is 2.24. The summed E-state index contributed by atoms with van der Waals surface area (Å²) in [4.78, 5) is 0. The van der Waals surface area contributed by atoms with E-state index >= 15 is 0 Å². The van der Waals surface area contributed by atoms with E-state index in [4.69, 9.17) is 0 Å². The third-order valence-corrected chi connectivity index (χ3v) is 12.9. The van der Waals surface area contributed by atoms with Crippen LogP contribution in [0.15, 0.2) is 126 Å². The van der Waals surface area contributed by atoms with Crippen molar-refractivity contribution in [3.63, 3.8) is 0 Å². The van der Waals surface area contributed by atoms with Gasteiger partial charge < -0.3 is 0 Å². The SMILES string of the molecule is C[C-]1C2=C3Cc4ccccc4C3=C3C=CCCC3C2(C)C(C)(C)C(C)(C)C1(C)C.Cc1cc[c-]cc1.Cl.Cl.[C-]1=CC=CC1.[CH2]=[Zr].[c-]1ccccc1. The molecule has 5 aliphatic rings. The first-order chi connectivity index (χ1) is 23.4. The molecule has 272 valence electrons. The fraction of sp³-hybridized carbons (Fsp3) is 0.375. The van der Waals surface area contributed by atoms with E-state index in [1.165, 1.54) is 53.8 Å². The van der Waals surface area contributed by atoms with Crippen LogP contribution in [0.25, 0.3) is 5.57 Å². The molecule has 0 saturated heterocycles. The number of rotatable bonds is 0. The Hall–Kier alpha value is -2.44. The van der Waals surface area contributed by atoms with Crippen LogP contribution in [0.2, 0.25) is 0 Å². The van der Waals surface area contributed by atoms with Crippen LogP contribution in [-0.2, 0) is 30.7 Å². The maximum atomic E-state index is 3.34. The molecule has 0 amide bonds. The van der Waals surface area contributed by atoms with Gasteiger partial charge >= 0.3 is 28.4 Å². The van der Waals surface area contributed by atoms with Crippen molar-refractivity contribution in [3.05, 3.63) is 167 Å². The van der Waals surface area contributed by atoms with E-state index in [2.05, 4.69) is 127 Å². The largest absolute Gasteiger partial charge is 0.184 e. The Morgan fingerprint density at radius 3 is 1.90 bits per heavy atom. The van der Waals surface area contributed by atoms with E-state index in [9.17, 15) is 0 Å². The molecule has 0 radical (unpaired) electrons. The van der Waals surface area contributed by atoms with Gasteiger partial charge in [-0.15, -0.1) is 38.2 Å². The van der Waals surface area contributed by atoms with Gasteiger partial charge in [-0.3, -0.25) is 6.08 Å². The number of hydrogen-bond acceptors (Lipinski definition) is 0. The van der Waals surface area contributed by atoms with Gasteiger partial charge in [-0.1, -0.05) is 120 Å². The number of fused-ring (bicyclic) bond motifs is 6. The van der Waals surface area contributed by atoms with E-state index in [1.54, 1.807) is 28.2 Å². The van der Waals surface area contributed by atoms with E-state index in [-0.39, 0.29) is 46.5 Å². The molecule has 3 heteroatoms. The molecule has 5 aliphatic carbocycles. The van der Waals surface area contributed by atoms with Crippen LogP contribution in [0.3, 0.4) is 0 Å². The Balaban J connectivity index is 0.000000333. The van der Waals surface area contributed by atoms with E-state index < -0.39 is 0 Å². The zero-order chi connectivity index (χ0) is 35.9. The van der Waals surface area contributed by atoms with Crippen LogP contribution in [0.4, 0.5) is 0 Å².